The van der Waals surface area contributed by atoms with Gasteiger partial charge in [0.05, 0.1) is 18.4 Å². The summed E-state index contributed by atoms with van der Waals surface area (Å²) in [5.41, 5.74) is 1.38. The largest absolute Gasteiger partial charge is 0.493 e. The van der Waals surface area contributed by atoms with E-state index in [9.17, 15) is 4.79 Å². The summed E-state index contributed by atoms with van der Waals surface area (Å²) in [4.78, 5) is 12.2. The molecule has 3 aromatic rings. The van der Waals surface area contributed by atoms with Gasteiger partial charge in [-0.25, -0.2) is 0 Å². The van der Waals surface area contributed by atoms with Crippen LogP contribution >= 0.6 is 23.4 Å². The number of anilines is 1. The zero-order valence-electron chi connectivity index (χ0n) is 15.3. The second-order valence-corrected chi connectivity index (χ2v) is 7.22. The lowest BCUT2D eigenvalue weighted by atomic mass is 10.2. The van der Waals surface area contributed by atoms with E-state index < -0.39 is 0 Å². The van der Waals surface area contributed by atoms with Crippen LogP contribution in [0.2, 0.25) is 5.02 Å². The van der Waals surface area contributed by atoms with E-state index in [1.807, 2.05) is 0 Å². The quantitative estimate of drug-likeness (QED) is 0.385. The van der Waals surface area contributed by atoms with Gasteiger partial charge in [0, 0.05) is 28.8 Å². The Morgan fingerprint density at radius 3 is 2.86 bits per heavy atom. The number of nitrogens with zero attached hydrogens (tertiary/aromatic N) is 3. The van der Waals surface area contributed by atoms with Gasteiger partial charge in [-0.05, 0) is 42.8 Å². The normalized spacial score (nSPS) is 10.3. The first-order valence-corrected chi connectivity index (χ1v) is 10.1. The monoisotopic (exact) mass is 428 g/mol. The Balaban J connectivity index is 1.49. The fourth-order valence-corrected chi connectivity index (χ4v) is 3.00. The molecule has 0 aliphatic carbocycles. The molecule has 3 rings (SSSR count). The molecule has 9 heteroatoms. The van der Waals surface area contributed by atoms with Crippen LogP contribution in [-0.2, 0) is 4.79 Å². The van der Waals surface area contributed by atoms with Crippen LogP contribution in [0.1, 0.15) is 12.8 Å². The molecule has 0 aliphatic heterocycles. The number of carbonyl (C=O) groups excluding carboxylic acids is 1. The van der Waals surface area contributed by atoms with Crippen molar-refractivity contribution >= 4 is 35.0 Å². The van der Waals surface area contributed by atoms with E-state index in [1.54, 1.807) is 48.5 Å². The van der Waals surface area contributed by atoms with E-state index in [0.717, 1.165) is 17.3 Å². The summed E-state index contributed by atoms with van der Waals surface area (Å²) in [5, 5.41) is 20.2. The molecule has 0 saturated heterocycles. The number of benzene rings is 2. The maximum atomic E-state index is 12.2. The highest BCUT2D eigenvalue weighted by atomic mass is 35.5. The lowest BCUT2D eigenvalue weighted by molar-refractivity contribution is -0.113. The molecule has 0 atom stereocenters. The highest BCUT2D eigenvalue weighted by Crippen LogP contribution is 2.24. The van der Waals surface area contributed by atoms with E-state index in [2.05, 4.69) is 21.6 Å². The molecule has 0 aliphatic rings. The average Bonchev–Trinajstić information content (AvgIpc) is 3.20. The topological polar surface area (TPSA) is 101 Å². The van der Waals surface area contributed by atoms with Gasteiger partial charge in [-0.2, -0.15) is 5.26 Å². The number of amides is 1. The first-order valence-electron chi connectivity index (χ1n) is 8.76. The van der Waals surface area contributed by atoms with Crippen LogP contribution in [0.3, 0.4) is 0 Å². The number of carbonyl (C=O) groups is 1. The second-order valence-electron chi connectivity index (χ2n) is 5.85. The zero-order chi connectivity index (χ0) is 20.5. The van der Waals surface area contributed by atoms with Gasteiger partial charge < -0.3 is 14.5 Å². The predicted molar refractivity (Wildman–Crippen MR) is 111 cm³/mol. The van der Waals surface area contributed by atoms with Crippen LogP contribution in [-0.4, -0.2) is 28.5 Å². The lowest BCUT2D eigenvalue weighted by Gasteiger charge is -2.08. The van der Waals surface area contributed by atoms with Crippen LogP contribution in [0.15, 0.2) is 58.2 Å². The summed E-state index contributed by atoms with van der Waals surface area (Å²) in [7, 11) is 0. The van der Waals surface area contributed by atoms with E-state index >= 15 is 0 Å². The van der Waals surface area contributed by atoms with Crippen molar-refractivity contribution in [3.8, 4) is 23.3 Å². The van der Waals surface area contributed by atoms with Crippen LogP contribution in [0.4, 0.5) is 5.69 Å². The molecular weight excluding hydrogens is 412 g/mol. The maximum absolute atomic E-state index is 12.2. The van der Waals surface area contributed by atoms with Crippen molar-refractivity contribution in [2.75, 3.05) is 17.7 Å². The summed E-state index contributed by atoms with van der Waals surface area (Å²) in [5.74, 6) is 0.918. The number of rotatable bonds is 9. The number of thioether (sulfide) groups is 1. The number of aromatic nitrogens is 2. The van der Waals surface area contributed by atoms with Gasteiger partial charge in [-0.3, -0.25) is 4.79 Å². The molecule has 1 aromatic heterocycles. The Morgan fingerprint density at radius 2 is 2.07 bits per heavy atom. The molecular formula is C20H17ClN4O3S. The Labute approximate surface area is 177 Å². The predicted octanol–water partition coefficient (Wildman–Crippen LogP) is 4.80. The third-order valence-corrected chi connectivity index (χ3v) is 4.71. The molecule has 0 unspecified atom stereocenters. The Bertz CT molecular complexity index is 1000. The summed E-state index contributed by atoms with van der Waals surface area (Å²) in [6.45, 7) is 0.452. The van der Waals surface area contributed by atoms with Crippen molar-refractivity contribution in [2.24, 2.45) is 0 Å². The Morgan fingerprint density at radius 1 is 1.24 bits per heavy atom. The van der Waals surface area contributed by atoms with Crippen molar-refractivity contribution in [3.05, 3.63) is 53.6 Å². The number of nitrogens with one attached hydrogen (secondary N) is 1. The second kappa shape index (κ2) is 10.5. The van der Waals surface area contributed by atoms with Crippen molar-refractivity contribution < 1.29 is 13.9 Å². The molecule has 0 saturated carbocycles. The molecule has 2 aromatic carbocycles. The van der Waals surface area contributed by atoms with Gasteiger partial charge in [0.15, 0.2) is 0 Å². The molecule has 29 heavy (non-hydrogen) atoms. The number of hydrogen-bond acceptors (Lipinski definition) is 7. The number of ether oxygens (including phenoxy) is 1. The number of halogens is 1. The van der Waals surface area contributed by atoms with Gasteiger partial charge in [-0.1, -0.05) is 29.4 Å². The van der Waals surface area contributed by atoms with Crippen LogP contribution in [0.25, 0.3) is 11.5 Å². The Hall–Kier alpha value is -3.02. The minimum Gasteiger partial charge on any atom is -0.493 e. The van der Waals surface area contributed by atoms with Crippen molar-refractivity contribution in [2.45, 2.75) is 18.1 Å². The SMILES string of the molecule is N#CCCCOc1cccc(NC(=O)CSc2nnc(-c3ccc(Cl)cc3)o2)c1. The van der Waals surface area contributed by atoms with Crippen molar-refractivity contribution in [3.63, 3.8) is 0 Å². The number of hydrogen-bond donors (Lipinski definition) is 1. The molecule has 148 valence electrons. The van der Waals surface area contributed by atoms with Crippen molar-refractivity contribution in [1.82, 2.24) is 10.2 Å². The van der Waals surface area contributed by atoms with Crippen LogP contribution in [0, 0.1) is 11.3 Å². The van der Waals surface area contributed by atoms with Crippen LogP contribution in [0.5, 0.6) is 5.75 Å². The smallest absolute Gasteiger partial charge is 0.277 e. The van der Waals surface area contributed by atoms with E-state index in [1.165, 1.54) is 0 Å². The van der Waals surface area contributed by atoms with Crippen LogP contribution < -0.4 is 10.1 Å². The van der Waals surface area contributed by atoms with Gasteiger partial charge in [0.2, 0.25) is 11.8 Å². The summed E-state index contributed by atoms with van der Waals surface area (Å²) < 4.78 is 11.1. The third kappa shape index (κ3) is 6.52. The highest BCUT2D eigenvalue weighted by Gasteiger charge is 2.11. The maximum Gasteiger partial charge on any atom is 0.277 e. The number of nitriles is 1. The van der Waals surface area contributed by atoms with Gasteiger partial charge >= 0.3 is 0 Å². The fraction of sp³-hybridized carbons (Fsp3) is 0.200. The van der Waals surface area contributed by atoms with Gasteiger partial charge in [0.1, 0.15) is 5.75 Å². The minimum absolute atomic E-state index is 0.121. The molecule has 1 amide bonds. The van der Waals surface area contributed by atoms with E-state index in [-0.39, 0.29) is 11.7 Å². The zero-order valence-corrected chi connectivity index (χ0v) is 16.9. The van der Waals surface area contributed by atoms with E-state index in [0.29, 0.717) is 47.0 Å². The molecule has 0 radical (unpaired) electrons. The molecule has 0 spiro atoms. The molecule has 1 N–H and O–H groups in total. The standard InChI is InChI=1S/C20H17ClN4O3S/c21-15-8-6-14(7-9-15)19-24-25-20(28-19)29-13-18(26)23-16-4-3-5-17(12-16)27-11-2-1-10-22/h3-9,12H,1-2,11,13H2,(H,23,26). The molecule has 0 fully saturated rings. The summed E-state index contributed by atoms with van der Waals surface area (Å²) in [6, 6.07) is 16.2. The fourth-order valence-electron chi connectivity index (χ4n) is 2.31. The van der Waals surface area contributed by atoms with Gasteiger partial charge in [-0.15, -0.1) is 10.2 Å². The van der Waals surface area contributed by atoms with Crippen molar-refractivity contribution in [1.29, 1.82) is 5.26 Å². The third-order valence-electron chi connectivity index (χ3n) is 3.64. The average molecular weight is 429 g/mol. The first kappa shape index (κ1) is 20.7. The lowest BCUT2D eigenvalue weighted by Crippen LogP contribution is -2.14. The minimum atomic E-state index is -0.206. The first-order chi connectivity index (χ1) is 14.1. The highest BCUT2D eigenvalue weighted by molar-refractivity contribution is 7.99. The molecule has 1 heterocycles. The van der Waals surface area contributed by atoms with E-state index in [4.69, 9.17) is 26.0 Å². The summed E-state index contributed by atoms with van der Waals surface area (Å²) in [6.07, 6.45) is 1.11. The molecule has 7 nitrogen and oxygen atoms in total. The summed E-state index contributed by atoms with van der Waals surface area (Å²) >= 11 is 7.02. The van der Waals surface area contributed by atoms with Gasteiger partial charge in [0.25, 0.3) is 5.22 Å². The molecule has 0 bridgehead atoms. The Kier molecular flexibility index (Phi) is 7.50. The number of unbranched alkanes of at least 4 members (excludes halogenated alkanes) is 1.